The van der Waals surface area contributed by atoms with Gasteiger partial charge in [-0.1, -0.05) is 12.1 Å². The van der Waals surface area contributed by atoms with Gasteiger partial charge in [-0.15, -0.1) is 0 Å². The number of carbonyl (C=O) groups excluding carboxylic acids is 1. The van der Waals surface area contributed by atoms with Crippen molar-refractivity contribution in [2.24, 2.45) is 5.73 Å². The molecule has 0 unspecified atom stereocenters. The number of nitrogens with two attached hydrogens (primary N) is 1. The van der Waals surface area contributed by atoms with Crippen LogP contribution in [0.1, 0.15) is 24.8 Å². The van der Waals surface area contributed by atoms with E-state index in [0.717, 1.165) is 25.9 Å². The summed E-state index contributed by atoms with van der Waals surface area (Å²) in [7, 11) is 0. The summed E-state index contributed by atoms with van der Waals surface area (Å²) in [5.41, 5.74) is 6.21. The summed E-state index contributed by atoms with van der Waals surface area (Å²) in [6, 6.07) is 4.73. The smallest absolute Gasteiger partial charge is 0.260 e. The Labute approximate surface area is 118 Å². The number of ether oxygens (including phenoxy) is 1. The van der Waals surface area contributed by atoms with Crippen molar-refractivity contribution in [2.75, 3.05) is 26.2 Å². The van der Waals surface area contributed by atoms with E-state index in [9.17, 15) is 9.18 Å². The van der Waals surface area contributed by atoms with Gasteiger partial charge in [0.2, 0.25) is 0 Å². The third-order valence-electron chi connectivity index (χ3n) is 3.51. The Morgan fingerprint density at radius 2 is 2.05 bits per heavy atom. The molecule has 0 saturated carbocycles. The van der Waals surface area contributed by atoms with Crippen LogP contribution in [0.2, 0.25) is 0 Å². The highest BCUT2D eigenvalue weighted by Gasteiger charge is 2.18. The van der Waals surface area contributed by atoms with Crippen LogP contribution in [-0.4, -0.2) is 37.0 Å². The summed E-state index contributed by atoms with van der Waals surface area (Å²) in [6.07, 6.45) is 3.76. The van der Waals surface area contributed by atoms with Crippen molar-refractivity contribution < 1.29 is 13.9 Å². The molecule has 2 N–H and O–H groups in total. The molecule has 1 heterocycles. The van der Waals surface area contributed by atoms with Crippen LogP contribution >= 0.6 is 0 Å². The van der Waals surface area contributed by atoms with Crippen molar-refractivity contribution >= 4 is 5.91 Å². The maximum absolute atomic E-state index is 13.8. The van der Waals surface area contributed by atoms with Crippen LogP contribution in [0, 0.1) is 5.82 Å². The summed E-state index contributed by atoms with van der Waals surface area (Å²) in [5.74, 6) is -0.364. The van der Waals surface area contributed by atoms with Crippen molar-refractivity contribution in [3.63, 3.8) is 0 Å². The Kier molecular flexibility index (Phi) is 5.35. The minimum absolute atomic E-state index is 0.0772. The first kappa shape index (κ1) is 14.8. The second kappa shape index (κ2) is 7.24. The summed E-state index contributed by atoms with van der Waals surface area (Å²) >= 11 is 0. The van der Waals surface area contributed by atoms with Crippen molar-refractivity contribution in [2.45, 2.75) is 25.7 Å². The molecule has 0 atom stereocenters. The van der Waals surface area contributed by atoms with E-state index < -0.39 is 5.82 Å². The SMILES string of the molecule is NCCc1cccc(F)c1OCC(=O)N1CCCCC1. The number of nitrogens with zero attached hydrogens (tertiary/aromatic N) is 1. The van der Waals surface area contributed by atoms with Crippen molar-refractivity contribution in [1.29, 1.82) is 0 Å². The van der Waals surface area contributed by atoms with Gasteiger partial charge < -0.3 is 15.4 Å². The number of amides is 1. The Morgan fingerprint density at radius 3 is 2.75 bits per heavy atom. The topological polar surface area (TPSA) is 55.6 Å². The lowest BCUT2D eigenvalue weighted by Crippen LogP contribution is -2.38. The van der Waals surface area contributed by atoms with E-state index in [-0.39, 0.29) is 18.3 Å². The normalized spacial score (nSPS) is 15.2. The number of halogens is 1. The molecule has 1 aliphatic heterocycles. The Balaban J connectivity index is 1.97. The van der Waals surface area contributed by atoms with Crippen molar-refractivity contribution in [3.8, 4) is 5.75 Å². The van der Waals surface area contributed by atoms with Crippen LogP contribution in [0.3, 0.4) is 0 Å². The van der Waals surface area contributed by atoms with Gasteiger partial charge in [0.25, 0.3) is 5.91 Å². The van der Waals surface area contributed by atoms with Gasteiger partial charge in [-0.3, -0.25) is 4.79 Å². The number of para-hydroxylation sites is 1. The number of hydrogen-bond acceptors (Lipinski definition) is 3. The van der Waals surface area contributed by atoms with Gasteiger partial charge >= 0.3 is 0 Å². The van der Waals surface area contributed by atoms with Crippen LogP contribution in [0.25, 0.3) is 0 Å². The van der Waals surface area contributed by atoms with Gasteiger partial charge in [0.15, 0.2) is 18.2 Å². The molecule has 110 valence electrons. The molecule has 0 aromatic heterocycles. The molecule has 0 bridgehead atoms. The van der Waals surface area contributed by atoms with Gasteiger partial charge in [0, 0.05) is 13.1 Å². The van der Waals surface area contributed by atoms with Crippen molar-refractivity contribution in [3.05, 3.63) is 29.6 Å². The summed E-state index contributed by atoms with van der Waals surface area (Å²) < 4.78 is 19.2. The molecular formula is C15H21FN2O2. The maximum atomic E-state index is 13.8. The Hall–Kier alpha value is -1.62. The van der Waals surface area contributed by atoms with Crippen LogP contribution in [0.15, 0.2) is 18.2 Å². The highest BCUT2D eigenvalue weighted by atomic mass is 19.1. The molecule has 1 aromatic carbocycles. The first-order valence-electron chi connectivity index (χ1n) is 7.10. The van der Waals surface area contributed by atoms with Gasteiger partial charge in [0.1, 0.15) is 0 Å². The molecule has 1 fully saturated rings. The van der Waals surface area contributed by atoms with Gasteiger partial charge in [0.05, 0.1) is 0 Å². The number of benzene rings is 1. The van der Waals surface area contributed by atoms with Gasteiger partial charge in [-0.2, -0.15) is 0 Å². The molecule has 4 nitrogen and oxygen atoms in total. The average molecular weight is 280 g/mol. The summed E-state index contributed by atoms with van der Waals surface area (Å²) in [5, 5.41) is 0. The second-order valence-electron chi connectivity index (χ2n) is 5.00. The van der Waals surface area contributed by atoms with E-state index in [1.165, 1.54) is 12.5 Å². The minimum Gasteiger partial charge on any atom is -0.480 e. The third kappa shape index (κ3) is 3.70. The molecular weight excluding hydrogens is 259 g/mol. The number of carbonyl (C=O) groups is 1. The van der Waals surface area contributed by atoms with E-state index in [4.69, 9.17) is 10.5 Å². The van der Waals surface area contributed by atoms with Gasteiger partial charge in [-0.25, -0.2) is 4.39 Å². The molecule has 1 aromatic rings. The van der Waals surface area contributed by atoms with Crippen molar-refractivity contribution in [1.82, 2.24) is 4.90 Å². The predicted molar refractivity (Wildman–Crippen MR) is 75.1 cm³/mol. The average Bonchev–Trinajstić information content (AvgIpc) is 2.47. The second-order valence-corrected chi connectivity index (χ2v) is 5.00. The molecule has 1 amide bonds. The lowest BCUT2D eigenvalue weighted by Gasteiger charge is -2.26. The zero-order valence-electron chi connectivity index (χ0n) is 11.6. The molecule has 2 rings (SSSR count). The zero-order valence-corrected chi connectivity index (χ0v) is 11.6. The quantitative estimate of drug-likeness (QED) is 0.893. The minimum atomic E-state index is -0.442. The fraction of sp³-hybridized carbons (Fsp3) is 0.533. The van der Waals surface area contributed by atoms with Crippen LogP contribution in [0.4, 0.5) is 4.39 Å². The molecule has 1 aliphatic rings. The zero-order chi connectivity index (χ0) is 14.4. The number of rotatable bonds is 5. The first-order valence-corrected chi connectivity index (χ1v) is 7.10. The summed E-state index contributed by atoms with van der Waals surface area (Å²) in [4.78, 5) is 13.8. The van der Waals surface area contributed by atoms with E-state index in [1.807, 2.05) is 0 Å². The molecule has 1 saturated heterocycles. The predicted octanol–water partition coefficient (Wildman–Crippen LogP) is 1.72. The number of hydrogen-bond donors (Lipinski definition) is 1. The largest absolute Gasteiger partial charge is 0.480 e. The number of piperidine rings is 1. The highest BCUT2D eigenvalue weighted by molar-refractivity contribution is 5.77. The Morgan fingerprint density at radius 1 is 1.30 bits per heavy atom. The molecule has 0 spiro atoms. The molecule has 0 aliphatic carbocycles. The van der Waals surface area contributed by atoms with E-state index in [2.05, 4.69) is 0 Å². The lowest BCUT2D eigenvalue weighted by atomic mass is 10.1. The van der Waals surface area contributed by atoms with E-state index >= 15 is 0 Å². The number of likely N-dealkylation sites (tertiary alicyclic amines) is 1. The third-order valence-corrected chi connectivity index (χ3v) is 3.51. The lowest BCUT2D eigenvalue weighted by molar-refractivity contribution is -0.134. The Bertz CT molecular complexity index is 459. The first-order chi connectivity index (χ1) is 9.72. The fourth-order valence-corrected chi connectivity index (χ4v) is 2.44. The molecule has 20 heavy (non-hydrogen) atoms. The monoisotopic (exact) mass is 280 g/mol. The van der Waals surface area contributed by atoms with Crippen LogP contribution in [-0.2, 0) is 11.2 Å². The maximum Gasteiger partial charge on any atom is 0.260 e. The van der Waals surface area contributed by atoms with Crippen LogP contribution < -0.4 is 10.5 Å². The summed E-state index contributed by atoms with van der Waals surface area (Å²) in [6.45, 7) is 1.85. The molecule has 0 radical (unpaired) electrons. The molecule has 5 heteroatoms. The standard InChI is InChI=1S/C15H21FN2O2/c16-13-6-4-5-12(7-8-17)15(13)20-11-14(19)18-9-2-1-3-10-18/h4-6H,1-3,7-11,17H2. The van der Waals surface area contributed by atoms with E-state index in [1.54, 1.807) is 17.0 Å². The van der Waals surface area contributed by atoms with Crippen LogP contribution in [0.5, 0.6) is 5.75 Å². The highest BCUT2D eigenvalue weighted by Crippen LogP contribution is 2.23. The fourth-order valence-electron chi connectivity index (χ4n) is 2.44. The van der Waals surface area contributed by atoms with Gasteiger partial charge in [-0.05, 0) is 43.9 Å². The van der Waals surface area contributed by atoms with E-state index in [0.29, 0.717) is 18.5 Å².